The van der Waals surface area contributed by atoms with Crippen LogP contribution < -0.4 is 5.73 Å². The van der Waals surface area contributed by atoms with Gasteiger partial charge in [0, 0.05) is 17.1 Å². The molecule has 0 atom stereocenters. The number of nitrogens with zero attached hydrogens (tertiary/aromatic N) is 3. The van der Waals surface area contributed by atoms with Gasteiger partial charge < -0.3 is 5.73 Å². The molecule has 112 valence electrons. The van der Waals surface area contributed by atoms with E-state index >= 15 is 0 Å². The summed E-state index contributed by atoms with van der Waals surface area (Å²) in [5.41, 5.74) is 8.86. The number of benzene rings is 2. The fourth-order valence-corrected chi connectivity index (χ4v) is 2.44. The second kappa shape index (κ2) is 5.87. The zero-order valence-corrected chi connectivity index (χ0v) is 12.7. The normalized spacial score (nSPS) is 10.9. The summed E-state index contributed by atoms with van der Waals surface area (Å²) in [5.74, 6) is -0.348. The van der Waals surface area contributed by atoms with Crippen molar-refractivity contribution in [3.05, 3.63) is 64.6 Å². The zero-order valence-electron chi connectivity index (χ0n) is 11.9. The van der Waals surface area contributed by atoms with Crippen LogP contribution >= 0.6 is 11.6 Å². The number of aromatic nitrogens is 3. The highest BCUT2D eigenvalue weighted by Crippen LogP contribution is 2.28. The highest BCUT2D eigenvalue weighted by Gasteiger charge is 2.18. The van der Waals surface area contributed by atoms with Gasteiger partial charge in [0.05, 0.1) is 5.69 Å². The van der Waals surface area contributed by atoms with Crippen LogP contribution in [0.2, 0.25) is 5.02 Å². The lowest BCUT2D eigenvalue weighted by molar-refractivity contribution is 0.629. The van der Waals surface area contributed by atoms with Crippen molar-refractivity contribution in [2.75, 3.05) is 0 Å². The van der Waals surface area contributed by atoms with E-state index in [2.05, 4.69) is 10.3 Å². The maximum Gasteiger partial charge on any atom is 0.132 e. The van der Waals surface area contributed by atoms with Gasteiger partial charge in [-0.2, -0.15) is 0 Å². The molecule has 3 rings (SSSR count). The smallest absolute Gasteiger partial charge is 0.132 e. The highest BCUT2D eigenvalue weighted by atomic mass is 35.5. The van der Waals surface area contributed by atoms with E-state index in [1.807, 2.05) is 19.1 Å². The predicted molar refractivity (Wildman–Crippen MR) is 84.4 cm³/mol. The van der Waals surface area contributed by atoms with E-state index < -0.39 is 0 Å². The molecule has 0 amide bonds. The molecular weight excluding hydrogens is 303 g/mol. The summed E-state index contributed by atoms with van der Waals surface area (Å²) >= 11 is 6.17. The molecule has 0 radical (unpaired) electrons. The first-order valence-electron chi connectivity index (χ1n) is 6.78. The molecule has 4 nitrogen and oxygen atoms in total. The van der Waals surface area contributed by atoms with Crippen LogP contribution in [0.5, 0.6) is 0 Å². The first kappa shape index (κ1) is 14.7. The molecule has 0 unspecified atom stereocenters. The Hall–Kier alpha value is -2.24. The van der Waals surface area contributed by atoms with E-state index in [1.165, 1.54) is 6.07 Å². The minimum atomic E-state index is -0.348. The van der Waals surface area contributed by atoms with Crippen LogP contribution in [0.4, 0.5) is 4.39 Å². The monoisotopic (exact) mass is 316 g/mol. The number of hydrogen-bond donors (Lipinski definition) is 1. The Balaban J connectivity index is 2.24. The van der Waals surface area contributed by atoms with E-state index in [0.717, 1.165) is 5.56 Å². The van der Waals surface area contributed by atoms with Crippen molar-refractivity contribution in [2.45, 2.75) is 13.5 Å². The topological polar surface area (TPSA) is 56.7 Å². The van der Waals surface area contributed by atoms with Crippen LogP contribution in [0.25, 0.3) is 16.9 Å². The summed E-state index contributed by atoms with van der Waals surface area (Å²) < 4.78 is 15.7. The first-order valence-corrected chi connectivity index (χ1v) is 7.15. The Morgan fingerprint density at radius 2 is 2.00 bits per heavy atom. The summed E-state index contributed by atoms with van der Waals surface area (Å²) in [6.07, 6.45) is 0. The number of rotatable bonds is 3. The molecule has 0 spiro atoms. The largest absolute Gasteiger partial charge is 0.325 e. The van der Waals surface area contributed by atoms with Crippen molar-refractivity contribution in [2.24, 2.45) is 5.73 Å². The van der Waals surface area contributed by atoms with Crippen LogP contribution in [0.15, 0.2) is 42.5 Å². The van der Waals surface area contributed by atoms with Gasteiger partial charge in [-0.25, -0.2) is 9.07 Å². The molecule has 0 aliphatic heterocycles. The standard InChI is InChI=1S/C16H14ClFN4/c1-10-6-7-11(8-13(10)17)22-16(15(9-19)20-21-22)12-4-2-3-5-14(12)18/h2-8H,9,19H2,1H3. The summed E-state index contributed by atoms with van der Waals surface area (Å²) in [7, 11) is 0. The van der Waals surface area contributed by atoms with Gasteiger partial charge in [-0.3, -0.25) is 0 Å². The van der Waals surface area contributed by atoms with Crippen LogP contribution in [0.3, 0.4) is 0 Å². The lowest BCUT2D eigenvalue weighted by Gasteiger charge is -2.10. The summed E-state index contributed by atoms with van der Waals surface area (Å²) in [5, 5.41) is 8.78. The van der Waals surface area contributed by atoms with Crippen molar-refractivity contribution in [1.82, 2.24) is 15.0 Å². The molecule has 22 heavy (non-hydrogen) atoms. The molecule has 1 aromatic heterocycles. The average Bonchev–Trinajstić information content (AvgIpc) is 2.94. The fourth-order valence-electron chi connectivity index (χ4n) is 2.27. The van der Waals surface area contributed by atoms with Gasteiger partial charge in [0.25, 0.3) is 0 Å². The second-order valence-electron chi connectivity index (χ2n) is 4.91. The van der Waals surface area contributed by atoms with E-state index in [4.69, 9.17) is 17.3 Å². The average molecular weight is 317 g/mol. The first-order chi connectivity index (χ1) is 10.6. The highest BCUT2D eigenvalue weighted by molar-refractivity contribution is 6.31. The van der Waals surface area contributed by atoms with Crippen molar-refractivity contribution in [3.63, 3.8) is 0 Å². The van der Waals surface area contributed by atoms with Gasteiger partial charge in [-0.15, -0.1) is 5.10 Å². The fraction of sp³-hybridized carbons (Fsp3) is 0.125. The lowest BCUT2D eigenvalue weighted by Crippen LogP contribution is -2.04. The van der Waals surface area contributed by atoms with Crippen molar-refractivity contribution >= 4 is 11.6 Å². The SMILES string of the molecule is Cc1ccc(-n2nnc(CN)c2-c2ccccc2F)cc1Cl. The van der Waals surface area contributed by atoms with E-state index in [0.29, 0.717) is 27.7 Å². The Morgan fingerprint density at radius 1 is 1.23 bits per heavy atom. The molecule has 6 heteroatoms. The van der Waals surface area contributed by atoms with Gasteiger partial charge in [0.1, 0.15) is 17.2 Å². The van der Waals surface area contributed by atoms with E-state index in [-0.39, 0.29) is 12.4 Å². The summed E-state index contributed by atoms with van der Waals surface area (Å²) in [6.45, 7) is 2.08. The molecule has 0 bridgehead atoms. The lowest BCUT2D eigenvalue weighted by atomic mass is 10.1. The summed E-state index contributed by atoms with van der Waals surface area (Å²) in [4.78, 5) is 0. The van der Waals surface area contributed by atoms with E-state index in [1.54, 1.807) is 28.9 Å². The van der Waals surface area contributed by atoms with Crippen molar-refractivity contribution in [3.8, 4) is 16.9 Å². The Bertz CT molecular complexity index is 829. The quantitative estimate of drug-likeness (QED) is 0.804. The second-order valence-corrected chi connectivity index (χ2v) is 5.32. The molecule has 2 aromatic carbocycles. The molecule has 0 saturated heterocycles. The van der Waals surface area contributed by atoms with E-state index in [9.17, 15) is 4.39 Å². The maximum atomic E-state index is 14.2. The number of halogens is 2. The van der Waals surface area contributed by atoms with Crippen molar-refractivity contribution in [1.29, 1.82) is 0 Å². The maximum absolute atomic E-state index is 14.2. The third-order valence-electron chi connectivity index (χ3n) is 3.46. The molecule has 2 N–H and O–H groups in total. The minimum absolute atomic E-state index is 0.170. The molecule has 1 heterocycles. The molecule has 0 saturated carbocycles. The molecule has 0 aliphatic carbocycles. The predicted octanol–water partition coefficient (Wildman–Crippen LogP) is 3.49. The van der Waals surface area contributed by atoms with Gasteiger partial charge in [0.15, 0.2) is 0 Å². The number of hydrogen-bond acceptors (Lipinski definition) is 3. The number of nitrogens with two attached hydrogens (primary N) is 1. The van der Waals surface area contributed by atoms with Crippen molar-refractivity contribution < 1.29 is 4.39 Å². The zero-order chi connectivity index (χ0) is 15.7. The third kappa shape index (κ3) is 2.49. The van der Waals surface area contributed by atoms with Crippen LogP contribution in [-0.4, -0.2) is 15.0 Å². The molecule has 3 aromatic rings. The molecular formula is C16H14ClFN4. The minimum Gasteiger partial charge on any atom is -0.325 e. The Labute approximate surface area is 132 Å². The summed E-state index contributed by atoms with van der Waals surface area (Å²) in [6, 6.07) is 12.0. The van der Waals surface area contributed by atoms with Crippen LogP contribution in [-0.2, 0) is 6.54 Å². The molecule has 0 aliphatic rings. The third-order valence-corrected chi connectivity index (χ3v) is 3.87. The van der Waals surface area contributed by atoms with Gasteiger partial charge in [-0.1, -0.05) is 35.0 Å². The number of aryl methyl sites for hydroxylation is 1. The van der Waals surface area contributed by atoms with Crippen LogP contribution in [0.1, 0.15) is 11.3 Å². The van der Waals surface area contributed by atoms with Gasteiger partial charge in [0.2, 0.25) is 0 Å². The van der Waals surface area contributed by atoms with Gasteiger partial charge in [-0.05, 0) is 36.8 Å². The Morgan fingerprint density at radius 3 is 2.68 bits per heavy atom. The van der Waals surface area contributed by atoms with Crippen LogP contribution in [0, 0.1) is 12.7 Å². The molecule has 0 fully saturated rings. The van der Waals surface area contributed by atoms with Gasteiger partial charge >= 0.3 is 0 Å². The Kier molecular flexibility index (Phi) is 3.92.